The molecule has 0 bridgehead atoms. The van der Waals surface area contributed by atoms with Gasteiger partial charge in [-0.1, -0.05) is 66.7 Å². The number of fused-ring (bicyclic) bond motifs is 2. The number of nitriles is 1. The molecule has 3 aliphatic rings. The minimum atomic E-state index is -0.640. The molecule has 2 fully saturated rings. The molecule has 1 unspecified atom stereocenters. The standard InChI is InChI=1S/C41H47N7O6/c1-41(2,3)54-40(50)48-22-23-51-27-32(48)28-52-38-43-35-25-45(36-15-9-13-30-12-7-8-14-33(30)36)19-17-34(35)37(44-38)46-20-21-47(31(24-46)16-18-42)39(49)53-26-29-10-5-4-6-11-29/h4-15,31-32H,16-17,19-28H2,1-3H3/t31?,32-/m0/s1. The molecule has 4 aromatic rings. The zero-order valence-electron chi connectivity index (χ0n) is 31.1. The van der Waals surface area contributed by atoms with Gasteiger partial charge in [-0.15, -0.1) is 0 Å². The molecule has 2 atom stereocenters. The molecule has 0 radical (unpaired) electrons. The number of carbonyl (C=O) groups is 2. The van der Waals surface area contributed by atoms with Crippen molar-refractivity contribution in [3.05, 3.63) is 89.6 Å². The minimum Gasteiger partial charge on any atom is -0.461 e. The average molecular weight is 734 g/mol. The Bertz CT molecular complexity index is 1990. The fourth-order valence-electron chi connectivity index (χ4n) is 7.30. The number of hydrogen-bond acceptors (Lipinski definition) is 11. The van der Waals surface area contributed by atoms with Gasteiger partial charge in [0.2, 0.25) is 0 Å². The van der Waals surface area contributed by atoms with Crippen LogP contribution in [-0.4, -0.2) is 102 Å². The number of morpholine rings is 1. The monoisotopic (exact) mass is 733 g/mol. The van der Waals surface area contributed by atoms with Gasteiger partial charge in [-0.05, 0) is 44.2 Å². The molecule has 282 valence electrons. The van der Waals surface area contributed by atoms with Crippen molar-refractivity contribution in [2.75, 3.05) is 62.3 Å². The van der Waals surface area contributed by atoms with E-state index in [0.717, 1.165) is 34.9 Å². The third-order valence-electron chi connectivity index (χ3n) is 9.94. The molecule has 13 nitrogen and oxygen atoms in total. The Kier molecular flexibility index (Phi) is 11.0. The van der Waals surface area contributed by atoms with Crippen molar-refractivity contribution in [3.63, 3.8) is 0 Å². The van der Waals surface area contributed by atoms with Crippen molar-refractivity contribution in [2.24, 2.45) is 0 Å². The molecule has 3 aromatic carbocycles. The summed E-state index contributed by atoms with van der Waals surface area (Å²) in [5.41, 5.74) is 3.25. The highest BCUT2D eigenvalue weighted by Crippen LogP contribution is 2.35. The molecule has 1 aromatic heterocycles. The summed E-state index contributed by atoms with van der Waals surface area (Å²) in [6.45, 7) is 9.44. The largest absolute Gasteiger partial charge is 0.461 e. The van der Waals surface area contributed by atoms with Gasteiger partial charge < -0.3 is 33.6 Å². The van der Waals surface area contributed by atoms with E-state index in [2.05, 4.69) is 52.3 Å². The summed E-state index contributed by atoms with van der Waals surface area (Å²) in [6.07, 6.45) is -0.0208. The molecule has 2 saturated heterocycles. The summed E-state index contributed by atoms with van der Waals surface area (Å²) in [7, 11) is 0. The fourth-order valence-corrected chi connectivity index (χ4v) is 7.30. The first-order valence-corrected chi connectivity index (χ1v) is 18.6. The fraction of sp³-hybridized carbons (Fsp3) is 0.439. The molecule has 2 amide bonds. The van der Waals surface area contributed by atoms with Crippen molar-refractivity contribution in [3.8, 4) is 12.1 Å². The van der Waals surface area contributed by atoms with Crippen LogP contribution in [0.5, 0.6) is 6.01 Å². The third-order valence-corrected chi connectivity index (χ3v) is 9.94. The van der Waals surface area contributed by atoms with Crippen molar-refractivity contribution < 1.29 is 28.5 Å². The van der Waals surface area contributed by atoms with Gasteiger partial charge in [0.25, 0.3) is 0 Å². The van der Waals surface area contributed by atoms with E-state index in [1.54, 1.807) is 9.80 Å². The second kappa shape index (κ2) is 16.2. The van der Waals surface area contributed by atoms with Crippen LogP contribution in [0.4, 0.5) is 21.1 Å². The molecular weight excluding hydrogens is 686 g/mol. The van der Waals surface area contributed by atoms with Gasteiger partial charge >= 0.3 is 18.2 Å². The summed E-state index contributed by atoms with van der Waals surface area (Å²) in [6, 6.07) is 25.9. The average Bonchev–Trinajstić information content (AvgIpc) is 3.18. The number of carbonyl (C=O) groups excluding carboxylic acids is 2. The first-order valence-electron chi connectivity index (χ1n) is 18.6. The van der Waals surface area contributed by atoms with Gasteiger partial charge in [-0.25, -0.2) is 9.59 Å². The Hall–Kier alpha value is -5.61. The highest BCUT2D eigenvalue weighted by Gasteiger charge is 2.36. The number of ether oxygens (including phenoxy) is 4. The number of rotatable bonds is 8. The van der Waals surface area contributed by atoms with Crippen LogP contribution in [0.25, 0.3) is 10.8 Å². The Labute approximate surface area is 316 Å². The minimum absolute atomic E-state index is 0.114. The number of aromatic nitrogens is 2. The summed E-state index contributed by atoms with van der Waals surface area (Å²) < 4.78 is 23.4. The SMILES string of the molecule is CC(C)(C)OC(=O)N1CCOC[C@H]1COc1nc2c(c(N3CCN(C(=O)OCc4ccccc4)C(CC#N)C3)n1)CCN(c1cccc3ccccc13)C2. The molecule has 3 aliphatic heterocycles. The quantitative estimate of drug-likeness (QED) is 0.213. The number of piperazine rings is 1. The second-order valence-electron chi connectivity index (χ2n) is 14.8. The molecule has 0 N–H and O–H groups in total. The molecule has 0 aliphatic carbocycles. The van der Waals surface area contributed by atoms with Crippen molar-refractivity contribution in [1.29, 1.82) is 5.26 Å². The first kappa shape index (κ1) is 36.7. The molecule has 0 saturated carbocycles. The van der Waals surface area contributed by atoms with Crippen LogP contribution in [0, 0.1) is 11.3 Å². The van der Waals surface area contributed by atoms with Gasteiger partial charge in [0, 0.05) is 49.4 Å². The van der Waals surface area contributed by atoms with Gasteiger partial charge in [-0.3, -0.25) is 4.90 Å². The maximum atomic E-state index is 13.3. The predicted molar refractivity (Wildman–Crippen MR) is 203 cm³/mol. The maximum Gasteiger partial charge on any atom is 0.410 e. The van der Waals surface area contributed by atoms with Crippen LogP contribution >= 0.6 is 0 Å². The predicted octanol–water partition coefficient (Wildman–Crippen LogP) is 5.95. The summed E-state index contributed by atoms with van der Waals surface area (Å²) in [5.74, 6) is 0.733. The normalized spacial score (nSPS) is 18.9. The topological polar surface area (TPSA) is 134 Å². The Morgan fingerprint density at radius 3 is 2.48 bits per heavy atom. The highest BCUT2D eigenvalue weighted by molar-refractivity contribution is 5.94. The molecule has 7 rings (SSSR count). The Morgan fingerprint density at radius 2 is 1.67 bits per heavy atom. The maximum absolute atomic E-state index is 13.3. The Balaban J connectivity index is 1.15. The third kappa shape index (κ3) is 8.44. The molecule has 54 heavy (non-hydrogen) atoms. The van der Waals surface area contributed by atoms with Crippen LogP contribution in [0.1, 0.15) is 44.0 Å². The summed E-state index contributed by atoms with van der Waals surface area (Å²) >= 11 is 0. The van der Waals surface area contributed by atoms with Crippen LogP contribution in [0.3, 0.4) is 0 Å². The van der Waals surface area contributed by atoms with E-state index in [1.807, 2.05) is 57.2 Å². The smallest absolute Gasteiger partial charge is 0.410 e. The van der Waals surface area contributed by atoms with Gasteiger partial charge in [-0.2, -0.15) is 15.2 Å². The summed E-state index contributed by atoms with van der Waals surface area (Å²) in [4.78, 5) is 44.2. The highest BCUT2D eigenvalue weighted by atomic mass is 16.6. The molecule has 13 heteroatoms. The number of nitrogens with zero attached hydrogens (tertiary/aromatic N) is 7. The molecule has 0 spiro atoms. The van der Waals surface area contributed by atoms with E-state index < -0.39 is 29.9 Å². The lowest BCUT2D eigenvalue weighted by atomic mass is 10.0. The molecular formula is C41H47N7O6. The van der Waals surface area contributed by atoms with Crippen LogP contribution in [-0.2, 0) is 33.8 Å². The van der Waals surface area contributed by atoms with E-state index in [0.29, 0.717) is 52.4 Å². The lowest BCUT2D eigenvalue weighted by Gasteiger charge is -2.42. The van der Waals surface area contributed by atoms with Gasteiger partial charge in [0.1, 0.15) is 24.6 Å². The van der Waals surface area contributed by atoms with E-state index >= 15 is 0 Å². The van der Waals surface area contributed by atoms with Crippen LogP contribution in [0.15, 0.2) is 72.8 Å². The lowest BCUT2D eigenvalue weighted by Crippen LogP contribution is -2.56. The number of anilines is 2. The Morgan fingerprint density at radius 1 is 0.889 bits per heavy atom. The van der Waals surface area contributed by atoms with E-state index in [1.165, 1.54) is 10.8 Å². The van der Waals surface area contributed by atoms with Crippen LogP contribution < -0.4 is 14.5 Å². The van der Waals surface area contributed by atoms with E-state index in [-0.39, 0.29) is 25.6 Å². The number of amides is 2. The zero-order chi connectivity index (χ0) is 37.7. The van der Waals surface area contributed by atoms with Gasteiger partial charge in [0.05, 0.1) is 50.0 Å². The number of benzene rings is 3. The summed E-state index contributed by atoms with van der Waals surface area (Å²) in [5, 5.41) is 12.1. The van der Waals surface area contributed by atoms with E-state index in [9.17, 15) is 14.9 Å². The van der Waals surface area contributed by atoms with Crippen molar-refractivity contribution >= 4 is 34.5 Å². The van der Waals surface area contributed by atoms with Crippen molar-refractivity contribution in [1.82, 2.24) is 19.8 Å². The van der Waals surface area contributed by atoms with Gasteiger partial charge in [0.15, 0.2) is 0 Å². The van der Waals surface area contributed by atoms with Crippen LogP contribution in [0.2, 0.25) is 0 Å². The second-order valence-corrected chi connectivity index (χ2v) is 14.8. The zero-order valence-corrected chi connectivity index (χ0v) is 31.1. The van der Waals surface area contributed by atoms with Crippen molar-refractivity contribution in [2.45, 2.75) is 64.4 Å². The van der Waals surface area contributed by atoms with E-state index in [4.69, 9.17) is 28.9 Å². The number of hydrogen-bond donors (Lipinski definition) is 0. The lowest BCUT2D eigenvalue weighted by molar-refractivity contribution is -0.0425. The molecule has 4 heterocycles. The first-order chi connectivity index (χ1) is 26.2.